The Labute approximate surface area is 98.6 Å². The van der Waals surface area contributed by atoms with E-state index in [0.717, 1.165) is 17.1 Å². The minimum absolute atomic E-state index is 0.646. The summed E-state index contributed by atoms with van der Waals surface area (Å²) in [6.45, 7) is 0.646. The number of nitrogens with zero attached hydrogens (tertiary/aromatic N) is 1. The molecule has 2 N–H and O–H groups in total. The highest BCUT2D eigenvalue weighted by Crippen LogP contribution is 2.26. The van der Waals surface area contributed by atoms with Crippen molar-refractivity contribution in [3.63, 3.8) is 0 Å². The molecule has 0 amide bonds. The van der Waals surface area contributed by atoms with Gasteiger partial charge in [0.05, 0.1) is 36.4 Å². The minimum atomic E-state index is 0.646. The molecule has 0 radical (unpaired) electrons. The third-order valence-electron chi connectivity index (χ3n) is 2.20. The fourth-order valence-electron chi connectivity index (χ4n) is 1.34. The lowest BCUT2D eigenvalue weighted by Gasteiger charge is -2.08. The summed E-state index contributed by atoms with van der Waals surface area (Å²) in [5.74, 6) is 0.775. The highest BCUT2D eigenvalue weighted by molar-refractivity contribution is 6.33. The first-order valence-corrected chi connectivity index (χ1v) is 5.22. The fourth-order valence-corrected chi connectivity index (χ4v) is 1.52. The van der Waals surface area contributed by atoms with E-state index in [1.165, 1.54) is 0 Å². The number of hydrogen-bond donors (Lipinski definition) is 2. The number of imidazole rings is 1. The topological polar surface area (TPSA) is 49.9 Å². The Kier molecular flexibility index (Phi) is 3.31. The third kappa shape index (κ3) is 2.46. The number of benzene rings is 1. The van der Waals surface area contributed by atoms with Crippen molar-refractivity contribution in [3.8, 4) is 5.75 Å². The maximum Gasteiger partial charge on any atom is 0.121 e. The Balaban J connectivity index is 2.08. The molecule has 1 heterocycles. The number of ether oxygens (including phenoxy) is 1. The summed E-state index contributed by atoms with van der Waals surface area (Å²) in [6.07, 6.45) is 3.41. The number of hydrogen-bond acceptors (Lipinski definition) is 3. The molecule has 0 unspecified atom stereocenters. The molecule has 0 spiro atoms. The molecule has 16 heavy (non-hydrogen) atoms. The van der Waals surface area contributed by atoms with Crippen LogP contribution in [0.5, 0.6) is 5.75 Å². The summed E-state index contributed by atoms with van der Waals surface area (Å²) in [7, 11) is 1.63. The SMILES string of the molecule is COc1ccc(Cl)c(NCc2cnc[nH]2)c1. The van der Waals surface area contributed by atoms with Gasteiger partial charge in [0.2, 0.25) is 0 Å². The van der Waals surface area contributed by atoms with Crippen LogP contribution in [0.2, 0.25) is 5.02 Å². The van der Waals surface area contributed by atoms with E-state index in [4.69, 9.17) is 16.3 Å². The van der Waals surface area contributed by atoms with Gasteiger partial charge in [-0.1, -0.05) is 11.6 Å². The van der Waals surface area contributed by atoms with Gasteiger partial charge in [-0.25, -0.2) is 4.98 Å². The molecule has 0 bridgehead atoms. The van der Waals surface area contributed by atoms with Crippen molar-refractivity contribution >= 4 is 17.3 Å². The average Bonchev–Trinajstić information content (AvgIpc) is 2.81. The van der Waals surface area contributed by atoms with Gasteiger partial charge in [-0.2, -0.15) is 0 Å². The van der Waals surface area contributed by atoms with Crippen molar-refractivity contribution in [2.75, 3.05) is 12.4 Å². The Bertz CT molecular complexity index is 456. The monoisotopic (exact) mass is 237 g/mol. The van der Waals surface area contributed by atoms with Gasteiger partial charge in [0.25, 0.3) is 0 Å². The van der Waals surface area contributed by atoms with Gasteiger partial charge in [0, 0.05) is 12.3 Å². The second kappa shape index (κ2) is 4.90. The predicted molar refractivity (Wildman–Crippen MR) is 63.9 cm³/mol. The molecule has 2 aromatic rings. The third-order valence-corrected chi connectivity index (χ3v) is 2.53. The lowest BCUT2D eigenvalue weighted by atomic mass is 10.3. The van der Waals surface area contributed by atoms with E-state index in [1.807, 2.05) is 12.1 Å². The van der Waals surface area contributed by atoms with Crippen LogP contribution < -0.4 is 10.1 Å². The molecule has 2 rings (SSSR count). The zero-order valence-corrected chi connectivity index (χ0v) is 9.58. The summed E-state index contributed by atoms with van der Waals surface area (Å²) in [5.41, 5.74) is 1.84. The molecular weight excluding hydrogens is 226 g/mol. The van der Waals surface area contributed by atoms with Gasteiger partial charge in [-0.05, 0) is 12.1 Å². The van der Waals surface area contributed by atoms with Gasteiger partial charge < -0.3 is 15.0 Å². The van der Waals surface area contributed by atoms with Crippen LogP contribution in [0.1, 0.15) is 5.69 Å². The van der Waals surface area contributed by atoms with Crippen LogP contribution in [0, 0.1) is 0 Å². The normalized spacial score (nSPS) is 10.1. The number of aromatic nitrogens is 2. The first kappa shape index (κ1) is 10.8. The molecule has 0 aliphatic heterocycles. The van der Waals surface area contributed by atoms with Gasteiger partial charge in [-0.15, -0.1) is 0 Å². The molecule has 84 valence electrons. The largest absolute Gasteiger partial charge is 0.497 e. The first-order chi connectivity index (χ1) is 7.79. The molecule has 0 saturated carbocycles. The maximum atomic E-state index is 6.05. The molecule has 0 saturated heterocycles. The Morgan fingerprint density at radius 2 is 2.38 bits per heavy atom. The number of anilines is 1. The van der Waals surface area contributed by atoms with Gasteiger partial charge in [0.1, 0.15) is 5.75 Å². The standard InChI is InChI=1S/C11H12ClN3O/c1-16-9-2-3-10(12)11(4-9)14-6-8-5-13-7-15-8/h2-5,7,14H,6H2,1H3,(H,13,15). The summed E-state index contributed by atoms with van der Waals surface area (Å²) < 4.78 is 5.13. The van der Waals surface area contributed by atoms with Crippen molar-refractivity contribution in [2.45, 2.75) is 6.54 Å². The zero-order valence-electron chi connectivity index (χ0n) is 8.83. The lowest BCUT2D eigenvalue weighted by Crippen LogP contribution is -2.00. The molecule has 5 heteroatoms. The van der Waals surface area contributed by atoms with Crippen molar-refractivity contribution in [2.24, 2.45) is 0 Å². The molecule has 0 aliphatic carbocycles. The minimum Gasteiger partial charge on any atom is -0.497 e. The van der Waals surface area contributed by atoms with E-state index in [-0.39, 0.29) is 0 Å². The quantitative estimate of drug-likeness (QED) is 0.860. The van der Waals surface area contributed by atoms with Crippen LogP contribution in [0.4, 0.5) is 5.69 Å². The van der Waals surface area contributed by atoms with Crippen molar-refractivity contribution < 1.29 is 4.74 Å². The number of H-pyrrole nitrogens is 1. The smallest absolute Gasteiger partial charge is 0.121 e. The second-order valence-electron chi connectivity index (χ2n) is 3.28. The Morgan fingerprint density at radius 1 is 1.50 bits per heavy atom. The molecule has 1 aromatic heterocycles. The molecule has 0 fully saturated rings. The predicted octanol–water partition coefficient (Wildman–Crippen LogP) is 2.68. The van der Waals surface area contributed by atoms with Crippen molar-refractivity contribution in [1.82, 2.24) is 9.97 Å². The van der Waals surface area contributed by atoms with Gasteiger partial charge in [0.15, 0.2) is 0 Å². The average molecular weight is 238 g/mol. The van der Waals surface area contributed by atoms with Crippen LogP contribution in [0.15, 0.2) is 30.7 Å². The summed E-state index contributed by atoms with van der Waals surface area (Å²) >= 11 is 6.05. The molecular formula is C11H12ClN3O. The Hall–Kier alpha value is -1.68. The van der Waals surface area contributed by atoms with Crippen molar-refractivity contribution in [1.29, 1.82) is 0 Å². The number of rotatable bonds is 4. The van der Waals surface area contributed by atoms with Crippen LogP contribution in [0.25, 0.3) is 0 Å². The lowest BCUT2D eigenvalue weighted by molar-refractivity contribution is 0.415. The fraction of sp³-hybridized carbons (Fsp3) is 0.182. The van der Waals surface area contributed by atoms with Crippen LogP contribution in [0.3, 0.4) is 0 Å². The number of nitrogens with one attached hydrogen (secondary N) is 2. The molecule has 0 aliphatic rings. The summed E-state index contributed by atoms with van der Waals surface area (Å²) in [4.78, 5) is 6.94. The summed E-state index contributed by atoms with van der Waals surface area (Å²) in [6, 6.07) is 5.48. The van der Waals surface area contributed by atoms with E-state index in [2.05, 4.69) is 15.3 Å². The van der Waals surface area contributed by atoms with E-state index in [0.29, 0.717) is 11.6 Å². The van der Waals surface area contributed by atoms with E-state index in [1.54, 1.807) is 25.7 Å². The summed E-state index contributed by atoms with van der Waals surface area (Å²) in [5, 5.41) is 3.87. The molecule has 1 aromatic carbocycles. The van der Waals surface area contributed by atoms with E-state index >= 15 is 0 Å². The van der Waals surface area contributed by atoms with Gasteiger partial charge in [-0.3, -0.25) is 0 Å². The highest BCUT2D eigenvalue weighted by Gasteiger charge is 2.02. The molecule has 0 atom stereocenters. The second-order valence-corrected chi connectivity index (χ2v) is 3.68. The van der Waals surface area contributed by atoms with Gasteiger partial charge >= 0.3 is 0 Å². The van der Waals surface area contributed by atoms with Crippen LogP contribution in [-0.4, -0.2) is 17.1 Å². The van der Waals surface area contributed by atoms with E-state index < -0.39 is 0 Å². The van der Waals surface area contributed by atoms with Crippen molar-refractivity contribution in [3.05, 3.63) is 41.4 Å². The maximum absolute atomic E-state index is 6.05. The Morgan fingerprint density at radius 3 is 3.06 bits per heavy atom. The first-order valence-electron chi connectivity index (χ1n) is 4.84. The zero-order chi connectivity index (χ0) is 11.4. The number of methoxy groups -OCH3 is 1. The number of aromatic amines is 1. The van der Waals surface area contributed by atoms with E-state index in [9.17, 15) is 0 Å². The van der Waals surface area contributed by atoms with Crippen LogP contribution >= 0.6 is 11.6 Å². The number of halogens is 1. The highest BCUT2D eigenvalue weighted by atomic mass is 35.5. The van der Waals surface area contributed by atoms with Crippen LogP contribution in [-0.2, 0) is 6.54 Å². The molecule has 4 nitrogen and oxygen atoms in total.